The van der Waals surface area contributed by atoms with Gasteiger partial charge in [0.2, 0.25) is 11.7 Å². The molecule has 0 bridgehead atoms. The van der Waals surface area contributed by atoms with Crippen LogP contribution in [0.1, 0.15) is 44.5 Å². The maximum Gasteiger partial charge on any atom is 0.231 e. The Labute approximate surface area is 114 Å². The molecule has 2 heterocycles. The third-order valence-electron chi connectivity index (χ3n) is 3.58. The molecule has 1 aromatic heterocycles. The zero-order chi connectivity index (χ0) is 14.0. The van der Waals surface area contributed by atoms with Gasteiger partial charge in [-0.3, -0.25) is 0 Å². The summed E-state index contributed by atoms with van der Waals surface area (Å²) in [4.78, 5) is 6.71. The van der Waals surface area contributed by atoms with Crippen LogP contribution < -0.4 is 5.73 Å². The lowest BCUT2D eigenvalue weighted by Gasteiger charge is -2.27. The Balaban J connectivity index is 2.13. The Morgan fingerprint density at radius 2 is 2.11 bits per heavy atom. The van der Waals surface area contributed by atoms with Crippen molar-refractivity contribution in [3.63, 3.8) is 0 Å². The predicted octanol–water partition coefficient (Wildman–Crippen LogP) is 1.16. The summed E-state index contributed by atoms with van der Waals surface area (Å²) >= 11 is 0. The second kappa shape index (κ2) is 5.98. The highest BCUT2D eigenvalue weighted by atomic mass is 16.5. The van der Waals surface area contributed by atoms with Crippen LogP contribution in [0, 0.1) is 5.92 Å². The van der Waals surface area contributed by atoms with E-state index in [0.29, 0.717) is 24.2 Å². The highest BCUT2D eigenvalue weighted by molar-refractivity contribution is 5.01. The summed E-state index contributed by atoms with van der Waals surface area (Å²) < 4.78 is 11.1. The minimum atomic E-state index is -0.0999. The molecule has 1 saturated heterocycles. The molecule has 0 saturated carbocycles. The average Bonchev–Trinajstić information content (AvgIpc) is 2.77. The number of morpholine rings is 1. The zero-order valence-corrected chi connectivity index (χ0v) is 12.2. The average molecular weight is 268 g/mol. The second-order valence-electron chi connectivity index (χ2n) is 5.74. The molecule has 3 atom stereocenters. The number of ether oxygens (including phenoxy) is 1. The van der Waals surface area contributed by atoms with Gasteiger partial charge in [-0.2, -0.15) is 4.98 Å². The Kier molecular flexibility index (Phi) is 4.54. The van der Waals surface area contributed by atoms with E-state index in [2.05, 4.69) is 35.9 Å². The molecule has 19 heavy (non-hydrogen) atoms. The Morgan fingerprint density at radius 1 is 1.37 bits per heavy atom. The van der Waals surface area contributed by atoms with Crippen molar-refractivity contribution in [1.82, 2.24) is 15.0 Å². The van der Waals surface area contributed by atoms with E-state index < -0.39 is 0 Å². The SMILES string of the molecule is CC(C)C(c1nc(C2CN(C)CCO2)no1)C(C)N. The fourth-order valence-corrected chi connectivity index (χ4v) is 2.56. The van der Waals surface area contributed by atoms with Gasteiger partial charge in [-0.15, -0.1) is 0 Å². The van der Waals surface area contributed by atoms with E-state index in [1.165, 1.54) is 0 Å². The normalized spacial score (nSPS) is 24.6. The third-order valence-corrected chi connectivity index (χ3v) is 3.58. The van der Waals surface area contributed by atoms with Crippen molar-refractivity contribution in [3.8, 4) is 0 Å². The topological polar surface area (TPSA) is 77.4 Å². The molecule has 108 valence electrons. The van der Waals surface area contributed by atoms with E-state index >= 15 is 0 Å². The number of hydrogen-bond donors (Lipinski definition) is 1. The van der Waals surface area contributed by atoms with Crippen LogP contribution in [0.2, 0.25) is 0 Å². The summed E-state index contributed by atoms with van der Waals surface area (Å²) in [7, 11) is 2.06. The van der Waals surface area contributed by atoms with Gasteiger partial charge in [0.05, 0.1) is 12.5 Å². The molecule has 1 fully saturated rings. The maximum atomic E-state index is 6.01. The number of nitrogens with two attached hydrogens (primary N) is 1. The smallest absolute Gasteiger partial charge is 0.231 e. The van der Waals surface area contributed by atoms with E-state index in [4.69, 9.17) is 15.0 Å². The highest BCUT2D eigenvalue weighted by Crippen LogP contribution is 2.27. The van der Waals surface area contributed by atoms with E-state index in [-0.39, 0.29) is 18.1 Å². The first kappa shape index (κ1) is 14.4. The quantitative estimate of drug-likeness (QED) is 0.883. The summed E-state index contributed by atoms with van der Waals surface area (Å²) in [5.41, 5.74) is 6.01. The number of aromatic nitrogens is 2. The Hall–Kier alpha value is -0.980. The summed E-state index contributed by atoms with van der Waals surface area (Å²) in [5.74, 6) is 1.70. The highest BCUT2D eigenvalue weighted by Gasteiger charge is 2.29. The van der Waals surface area contributed by atoms with Crippen LogP contribution in [-0.4, -0.2) is 47.8 Å². The van der Waals surface area contributed by atoms with Crippen LogP contribution in [0.5, 0.6) is 0 Å². The lowest BCUT2D eigenvalue weighted by molar-refractivity contribution is -0.0264. The van der Waals surface area contributed by atoms with Crippen molar-refractivity contribution in [2.24, 2.45) is 11.7 Å². The summed E-state index contributed by atoms with van der Waals surface area (Å²) in [6.45, 7) is 8.64. The molecular weight excluding hydrogens is 244 g/mol. The van der Waals surface area contributed by atoms with E-state index in [1.54, 1.807) is 0 Å². The maximum absolute atomic E-state index is 6.01. The first-order chi connectivity index (χ1) is 8.99. The summed E-state index contributed by atoms with van der Waals surface area (Å²) in [5, 5.41) is 4.07. The monoisotopic (exact) mass is 268 g/mol. The molecule has 0 aliphatic carbocycles. The molecular formula is C13H24N4O2. The van der Waals surface area contributed by atoms with Gasteiger partial charge < -0.3 is 19.9 Å². The molecule has 6 heteroatoms. The van der Waals surface area contributed by atoms with Crippen molar-refractivity contribution < 1.29 is 9.26 Å². The van der Waals surface area contributed by atoms with Gasteiger partial charge in [-0.25, -0.2) is 0 Å². The minimum absolute atomic E-state index is 0.0109. The molecule has 1 aliphatic rings. The van der Waals surface area contributed by atoms with Crippen LogP contribution in [0.25, 0.3) is 0 Å². The number of nitrogens with zero attached hydrogens (tertiary/aromatic N) is 3. The van der Waals surface area contributed by atoms with Crippen molar-refractivity contribution >= 4 is 0 Å². The number of rotatable bonds is 4. The van der Waals surface area contributed by atoms with Crippen molar-refractivity contribution in [2.45, 2.75) is 38.8 Å². The van der Waals surface area contributed by atoms with Gasteiger partial charge in [0.25, 0.3) is 0 Å². The lowest BCUT2D eigenvalue weighted by Crippen LogP contribution is -2.35. The van der Waals surface area contributed by atoms with Crippen LogP contribution in [-0.2, 0) is 4.74 Å². The molecule has 2 N–H and O–H groups in total. The van der Waals surface area contributed by atoms with Crippen LogP contribution in [0.3, 0.4) is 0 Å². The predicted molar refractivity (Wildman–Crippen MR) is 71.7 cm³/mol. The lowest BCUT2D eigenvalue weighted by atomic mass is 9.90. The van der Waals surface area contributed by atoms with Gasteiger partial charge in [-0.05, 0) is 19.9 Å². The molecule has 0 radical (unpaired) electrons. The largest absolute Gasteiger partial charge is 0.367 e. The molecule has 0 aromatic carbocycles. The molecule has 0 spiro atoms. The molecule has 1 aromatic rings. The van der Waals surface area contributed by atoms with Crippen LogP contribution >= 0.6 is 0 Å². The molecule has 6 nitrogen and oxygen atoms in total. The molecule has 1 aliphatic heterocycles. The number of likely N-dealkylation sites (N-methyl/N-ethyl adjacent to an activating group) is 1. The van der Waals surface area contributed by atoms with Crippen molar-refractivity contribution in [1.29, 1.82) is 0 Å². The van der Waals surface area contributed by atoms with Gasteiger partial charge in [0.15, 0.2) is 0 Å². The molecule has 0 amide bonds. The third kappa shape index (κ3) is 3.32. The standard InChI is InChI=1S/C13H24N4O2/c1-8(2)11(9(3)14)13-15-12(16-19-13)10-7-17(4)5-6-18-10/h8-11H,5-7,14H2,1-4H3. The molecule has 3 unspecified atom stereocenters. The van der Waals surface area contributed by atoms with Crippen LogP contribution in [0.15, 0.2) is 4.52 Å². The minimum Gasteiger partial charge on any atom is -0.367 e. The van der Waals surface area contributed by atoms with Gasteiger partial charge >= 0.3 is 0 Å². The summed E-state index contributed by atoms with van der Waals surface area (Å²) in [6, 6.07) is -0.0109. The fourth-order valence-electron chi connectivity index (χ4n) is 2.56. The van der Waals surface area contributed by atoms with Crippen molar-refractivity contribution in [2.75, 3.05) is 26.7 Å². The Morgan fingerprint density at radius 3 is 2.68 bits per heavy atom. The zero-order valence-electron chi connectivity index (χ0n) is 12.2. The van der Waals surface area contributed by atoms with Gasteiger partial charge in [0, 0.05) is 19.1 Å². The second-order valence-corrected chi connectivity index (χ2v) is 5.74. The van der Waals surface area contributed by atoms with E-state index in [9.17, 15) is 0 Å². The van der Waals surface area contributed by atoms with Gasteiger partial charge in [-0.1, -0.05) is 19.0 Å². The van der Waals surface area contributed by atoms with Gasteiger partial charge in [0.1, 0.15) is 6.10 Å². The van der Waals surface area contributed by atoms with E-state index in [0.717, 1.165) is 13.1 Å². The Bertz CT molecular complexity index is 397. The first-order valence-corrected chi connectivity index (χ1v) is 6.88. The first-order valence-electron chi connectivity index (χ1n) is 6.88. The number of hydrogen-bond acceptors (Lipinski definition) is 6. The molecule has 2 rings (SSSR count). The van der Waals surface area contributed by atoms with E-state index in [1.807, 2.05) is 6.92 Å². The summed E-state index contributed by atoms with van der Waals surface area (Å²) in [6.07, 6.45) is -0.0999. The fraction of sp³-hybridized carbons (Fsp3) is 0.846. The van der Waals surface area contributed by atoms with Crippen LogP contribution in [0.4, 0.5) is 0 Å². The van der Waals surface area contributed by atoms with Crippen molar-refractivity contribution in [3.05, 3.63) is 11.7 Å².